The highest BCUT2D eigenvalue weighted by molar-refractivity contribution is 5.91. The molecule has 0 atom stereocenters. The predicted octanol–water partition coefficient (Wildman–Crippen LogP) is 3.46. The number of rotatable bonds is 4. The molecule has 11 heteroatoms. The lowest BCUT2D eigenvalue weighted by atomic mass is 10.0. The zero-order chi connectivity index (χ0) is 23.2. The molecule has 0 aliphatic carbocycles. The number of aromatic nitrogens is 5. The molecule has 1 amide bonds. The highest BCUT2D eigenvalue weighted by atomic mass is 19.4. The molecular formula is C21H19F3N6O2. The summed E-state index contributed by atoms with van der Waals surface area (Å²) in [7, 11) is 1.72. The fourth-order valence-corrected chi connectivity index (χ4v) is 3.43. The highest BCUT2D eigenvalue weighted by Crippen LogP contribution is 2.32. The molecule has 1 aromatic carbocycles. The number of fused-ring (bicyclic) bond motifs is 2. The summed E-state index contributed by atoms with van der Waals surface area (Å²) in [6.45, 7) is 3.09. The van der Waals surface area contributed by atoms with Crippen molar-refractivity contribution in [1.82, 2.24) is 24.5 Å². The molecule has 0 aliphatic heterocycles. The highest BCUT2D eigenvalue weighted by Gasteiger charge is 2.31. The molecule has 0 fully saturated rings. The first kappa shape index (κ1) is 21.5. The van der Waals surface area contributed by atoms with E-state index in [9.17, 15) is 22.8 Å². The van der Waals surface area contributed by atoms with Crippen LogP contribution >= 0.6 is 0 Å². The molecule has 4 aromatic rings. The van der Waals surface area contributed by atoms with Crippen molar-refractivity contribution >= 4 is 33.5 Å². The van der Waals surface area contributed by atoms with Gasteiger partial charge in [-0.2, -0.15) is 23.4 Å². The van der Waals surface area contributed by atoms with Gasteiger partial charge in [-0.1, -0.05) is 13.8 Å². The van der Waals surface area contributed by atoms with Crippen molar-refractivity contribution in [1.29, 1.82) is 0 Å². The molecule has 3 aromatic heterocycles. The van der Waals surface area contributed by atoms with Gasteiger partial charge in [-0.15, -0.1) is 0 Å². The van der Waals surface area contributed by atoms with Crippen LogP contribution in [0.4, 0.5) is 19.0 Å². The standard InChI is InChI=1S/C21H19F3N6O2/c1-11(2)18-15-8-13(21(22,23)24)5-6-14(15)20(32)30(28-18)10-17(31)26-16-7-4-12-9-25-29(3)19(12)27-16/h4-9,11H,10H2,1-3H3,(H,26,27,31). The van der Waals surface area contributed by atoms with Crippen LogP contribution in [0.5, 0.6) is 0 Å². The third-order valence-corrected chi connectivity index (χ3v) is 5.01. The quantitative estimate of drug-likeness (QED) is 0.520. The smallest absolute Gasteiger partial charge is 0.309 e. The molecule has 0 spiro atoms. The maximum Gasteiger partial charge on any atom is 0.416 e. The Morgan fingerprint density at radius 3 is 2.59 bits per heavy atom. The van der Waals surface area contributed by atoms with Crippen LogP contribution in [0.2, 0.25) is 0 Å². The summed E-state index contributed by atoms with van der Waals surface area (Å²) in [5, 5.41) is 11.9. The van der Waals surface area contributed by atoms with E-state index in [1.165, 1.54) is 0 Å². The van der Waals surface area contributed by atoms with Gasteiger partial charge in [-0.3, -0.25) is 14.3 Å². The number of hydrogen-bond donors (Lipinski definition) is 1. The summed E-state index contributed by atoms with van der Waals surface area (Å²) in [5.41, 5.74) is -0.636. The zero-order valence-corrected chi connectivity index (χ0v) is 17.4. The second-order valence-electron chi connectivity index (χ2n) is 7.69. The van der Waals surface area contributed by atoms with Gasteiger partial charge >= 0.3 is 6.18 Å². The van der Waals surface area contributed by atoms with Crippen LogP contribution in [0.3, 0.4) is 0 Å². The van der Waals surface area contributed by atoms with E-state index in [1.54, 1.807) is 43.9 Å². The van der Waals surface area contributed by atoms with Gasteiger partial charge in [0.1, 0.15) is 12.4 Å². The molecule has 3 heterocycles. The predicted molar refractivity (Wildman–Crippen MR) is 112 cm³/mol. The molecule has 166 valence electrons. The van der Waals surface area contributed by atoms with E-state index < -0.39 is 29.8 Å². The molecule has 0 unspecified atom stereocenters. The Balaban J connectivity index is 1.68. The summed E-state index contributed by atoms with van der Waals surface area (Å²) < 4.78 is 41.9. The Hall–Kier alpha value is -3.76. The summed E-state index contributed by atoms with van der Waals surface area (Å²) in [5.74, 6) is -0.543. The Morgan fingerprint density at radius 1 is 1.16 bits per heavy atom. The largest absolute Gasteiger partial charge is 0.416 e. The van der Waals surface area contributed by atoms with Gasteiger partial charge in [0, 0.05) is 17.8 Å². The van der Waals surface area contributed by atoms with E-state index in [4.69, 9.17) is 0 Å². The number of pyridine rings is 1. The number of amides is 1. The molecular weight excluding hydrogens is 425 g/mol. The van der Waals surface area contributed by atoms with Crippen LogP contribution in [0.15, 0.2) is 41.3 Å². The van der Waals surface area contributed by atoms with Crippen molar-refractivity contribution in [2.24, 2.45) is 7.05 Å². The SMILES string of the molecule is CC(C)c1nn(CC(=O)Nc2ccc3cnn(C)c3n2)c(=O)c2ccc(C(F)(F)F)cc12. The maximum absolute atomic E-state index is 13.1. The number of halogens is 3. The number of hydrogen-bond acceptors (Lipinski definition) is 5. The van der Waals surface area contributed by atoms with Crippen molar-refractivity contribution in [3.63, 3.8) is 0 Å². The van der Waals surface area contributed by atoms with Gasteiger partial charge < -0.3 is 5.32 Å². The lowest BCUT2D eigenvalue weighted by Gasteiger charge is -2.15. The Bertz CT molecular complexity index is 1400. The van der Waals surface area contributed by atoms with Crippen molar-refractivity contribution in [2.45, 2.75) is 32.5 Å². The average Bonchev–Trinajstić information content (AvgIpc) is 3.09. The Labute approximate surface area is 179 Å². The minimum atomic E-state index is -4.54. The van der Waals surface area contributed by atoms with E-state index >= 15 is 0 Å². The number of anilines is 1. The van der Waals surface area contributed by atoms with Crippen molar-refractivity contribution in [2.75, 3.05) is 5.32 Å². The van der Waals surface area contributed by atoms with E-state index in [2.05, 4.69) is 20.5 Å². The van der Waals surface area contributed by atoms with E-state index in [-0.39, 0.29) is 22.5 Å². The first-order chi connectivity index (χ1) is 15.0. The van der Waals surface area contributed by atoms with Crippen LogP contribution in [0, 0.1) is 0 Å². The number of aryl methyl sites for hydroxylation is 1. The fraction of sp³-hybridized carbons (Fsp3) is 0.286. The van der Waals surface area contributed by atoms with Crippen LogP contribution in [-0.2, 0) is 24.6 Å². The van der Waals surface area contributed by atoms with Crippen molar-refractivity contribution in [3.05, 3.63) is 58.1 Å². The Morgan fingerprint density at radius 2 is 1.91 bits per heavy atom. The number of nitrogens with one attached hydrogen (secondary N) is 1. The van der Waals surface area contributed by atoms with Crippen LogP contribution < -0.4 is 10.9 Å². The van der Waals surface area contributed by atoms with E-state index in [1.807, 2.05) is 0 Å². The lowest BCUT2D eigenvalue weighted by molar-refractivity contribution is -0.137. The molecule has 0 bridgehead atoms. The van der Waals surface area contributed by atoms with Crippen LogP contribution in [0.25, 0.3) is 21.8 Å². The van der Waals surface area contributed by atoms with Gasteiger partial charge in [-0.05, 0) is 36.2 Å². The molecule has 32 heavy (non-hydrogen) atoms. The normalized spacial score (nSPS) is 12.1. The second kappa shape index (κ2) is 7.74. The lowest BCUT2D eigenvalue weighted by Crippen LogP contribution is -2.31. The monoisotopic (exact) mass is 444 g/mol. The number of alkyl halides is 3. The molecule has 0 saturated heterocycles. The summed E-state index contributed by atoms with van der Waals surface area (Å²) in [4.78, 5) is 29.7. The number of nitrogens with zero attached hydrogens (tertiary/aromatic N) is 5. The Kier molecular flexibility index (Phi) is 5.19. The van der Waals surface area contributed by atoms with E-state index in [0.29, 0.717) is 11.3 Å². The van der Waals surface area contributed by atoms with Gasteiger partial charge in [0.2, 0.25) is 5.91 Å². The molecule has 0 radical (unpaired) electrons. The minimum absolute atomic E-state index is 0.0685. The van der Waals surface area contributed by atoms with Crippen LogP contribution in [0.1, 0.15) is 31.0 Å². The summed E-state index contributed by atoms with van der Waals surface area (Å²) in [6, 6.07) is 6.26. The first-order valence-electron chi connectivity index (χ1n) is 9.75. The van der Waals surface area contributed by atoms with E-state index in [0.717, 1.165) is 28.3 Å². The van der Waals surface area contributed by atoms with Gasteiger partial charge in [0.05, 0.1) is 22.8 Å². The van der Waals surface area contributed by atoms with Crippen molar-refractivity contribution in [3.8, 4) is 0 Å². The molecule has 8 nitrogen and oxygen atoms in total. The number of benzene rings is 1. The van der Waals surface area contributed by atoms with Gasteiger partial charge in [0.25, 0.3) is 5.56 Å². The average molecular weight is 444 g/mol. The third-order valence-electron chi connectivity index (χ3n) is 5.01. The minimum Gasteiger partial charge on any atom is -0.309 e. The second-order valence-corrected chi connectivity index (χ2v) is 7.69. The molecule has 1 N–H and O–H groups in total. The topological polar surface area (TPSA) is 94.7 Å². The van der Waals surface area contributed by atoms with Crippen molar-refractivity contribution < 1.29 is 18.0 Å². The van der Waals surface area contributed by atoms with Crippen LogP contribution in [-0.4, -0.2) is 30.5 Å². The van der Waals surface area contributed by atoms with Gasteiger partial charge in [0.15, 0.2) is 5.65 Å². The summed E-state index contributed by atoms with van der Waals surface area (Å²) >= 11 is 0. The molecule has 0 saturated carbocycles. The fourth-order valence-electron chi connectivity index (χ4n) is 3.43. The number of carbonyl (C=O) groups excluding carboxylic acids is 1. The third kappa shape index (κ3) is 3.93. The summed E-state index contributed by atoms with van der Waals surface area (Å²) in [6.07, 6.45) is -2.90. The first-order valence-corrected chi connectivity index (χ1v) is 9.75. The molecule has 0 aliphatic rings. The maximum atomic E-state index is 13.1. The zero-order valence-electron chi connectivity index (χ0n) is 17.4. The van der Waals surface area contributed by atoms with Gasteiger partial charge in [-0.25, -0.2) is 9.67 Å². The number of carbonyl (C=O) groups is 1. The molecule has 4 rings (SSSR count).